The second kappa shape index (κ2) is 14.9. The van der Waals surface area contributed by atoms with Gasteiger partial charge in [-0.15, -0.1) is 11.3 Å². The number of para-hydroxylation sites is 2. The highest BCUT2D eigenvalue weighted by molar-refractivity contribution is 7.25. The van der Waals surface area contributed by atoms with Crippen LogP contribution in [0.5, 0.6) is 0 Å². The lowest BCUT2D eigenvalue weighted by molar-refractivity contribution is 0.661. The third-order valence-electron chi connectivity index (χ3n) is 15.5. The van der Waals surface area contributed by atoms with Gasteiger partial charge in [-0.2, -0.15) is 0 Å². The summed E-state index contributed by atoms with van der Waals surface area (Å²) < 4.78 is 17.9. The average Bonchev–Trinajstić information content (AvgIpc) is 4.25. The van der Waals surface area contributed by atoms with Crippen molar-refractivity contribution in [2.45, 2.75) is 19.3 Å². The largest absolute Gasteiger partial charge is 0.456 e. The van der Waals surface area contributed by atoms with Gasteiger partial charge < -0.3 is 13.4 Å². The molecule has 0 bridgehead atoms. The summed E-state index contributed by atoms with van der Waals surface area (Å²) in [5.41, 5.74) is 16.8. The highest BCUT2D eigenvalue weighted by atomic mass is 32.1. The number of nitrogens with zero attached hydrogens (tertiary/aromatic N) is 4. The number of hydrogen-bond donors (Lipinski definition) is 0. The van der Waals surface area contributed by atoms with Crippen LogP contribution in [0.2, 0.25) is 0 Å². The highest BCUT2D eigenvalue weighted by Crippen LogP contribution is 2.51. The standard InChI is InChI=1S/C66H40N4O2S/c1-66(2)51-21-9-6-16-41(51)47-36-54-49(35-52(47)66)48-32-37(27-30-53(48)70(54)40-14-4-3-5-15-40)38-28-31-56-50(33-38)61-45(19-12-23-57(61)71-56)64-67-63(39-26-29-43-42-17-7-10-22-55(42)72-58(43)34-39)68-65(69-64)46-20-13-25-60-62(46)44-18-8-11-24-59(44)73-60/h3-36H,1-2H3. The molecule has 0 fully saturated rings. The maximum atomic E-state index is 6.69. The molecule has 0 spiro atoms. The van der Waals surface area contributed by atoms with E-state index in [0.29, 0.717) is 17.5 Å². The maximum Gasteiger partial charge on any atom is 0.164 e. The number of furan rings is 2. The molecule has 5 heterocycles. The minimum atomic E-state index is -0.127. The Morgan fingerprint density at radius 1 is 0.370 bits per heavy atom. The third-order valence-corrected chi connectivity index (χ3v) is 16.6. The van der Waals surface area contributed by atoms with Gasteiger partial charge in [-0.05, 0) is 118 Å². The zero-order valence-corrected chi connectivity index (χ0v) is 40.5. The van der Waals surface area contributed by atoms with Crippen LogP contribution in [0.1, 0.15) is 25.0 Å². The van der Waals surface area contributed by atoms with E-state index in [0.717, 1.165) is 82.8 Å². The third kappa shape index (κ3) is 5.88. The Hall–Kier alpha value is -9.17. The molecule has 342 valence electrons. The molecule has 7 heteroatoms. The smallest absolute Gasteiger partial charge is 0.164 e. The zero-order valence-electron chi connectivity index (χ0n) is 39.6. The maximum absolute atomic E-state index is 6.69. The monoisotopic (exact) mass is 952 g/mol. The van der Waals surface area contributed by atoms with Gasteiger partial charge in [0.15, 0.2) is 17.5 Å². The first-order valence-corrected chi connectivity index (χ1v) is 25.6. The van der Waals surface area contributed by atoms with E-state index in [9.17, 15) is 0 Å². The quantitative estimate of drug-likeness (QED) is 0.172. The summed E-state index contributed by atoms with van der Waals surface area (Å²) in [7, 11) is 0. The number of thiophene rings is 1. The van der Waals surface area contributed by atoms with E-state index < -0.39 is 0 Å². The van der Waals surface area contributed by atoms with E-state index in [-0.39, 0.29) is 5.41 Å². The van der Waals surface area contributed by atoms with Gasteiger partial charge in [0.05, 0.1) is 11.0 Å². The fraction of sp³-hybridized carbons (Fsp3) is 0.0455. The van der Waals surface area contributed by atoms with Crippen molar-refractivity contribution in [3.8, 4) is 62.1 Å². The molecule has 1 aliphatic rings. The van der Waals surface area contributed by atoms with E-state index >= 15 is 0 Å². The molecule has 5 aromatic heterocycles. The topological polar surface area (TPSA) is 69.9 Å². The second-order valence-electron chi connectivity index (χ2n) is 19.9. The number of aromatic nitrogens is 4. The van der Waals surface area contributed by atoms with Crippen LogP contribution in [0.15, 0.2) is 215 Å². The minimum absolute atomic E-state index is 0.127. The van der Waals surface area contributed by atoms with Gasteiger partial charge in [-0.3, -0.25) is 0 Å². The Morgan fingerprint density at radius 2 is 0.986 bits per heavy atom. The van der Waals surface area contributed by atoms with E-state index in [1.807, 2.05) is 30.3 Å². The first-order chi connectivity index (χ1) is 35.9. The first kappa shape index (κ1) is 40.5. The van der Waals surface area contributed by atoms with Crippen LogP contribution in [-0.4, -0.2) is 19.5 Å². The summed E-state index contributed by atoms with van der Waals surface area (Å²) in [6, 6.07) is 73.6. The minimum Gasteiger partial charge on any atom is -0.456 e. The normalized spacial score (nSPS) is 13.2. The van der Waals surface area contributed by atoms with Gasteiger partial charge in [0, 0.05) is 80.3 Å². The molecule has 0 aliphatic heterocycles. The molecule has 0 unspecified atom stereocenters. The van der Waals surface area contributed by atoms with Crippen LogP contribution in [0.25, 0.3) is 148 Å². The Kier molecular flexibility index (Phi) is 8.29. The lowest BCUT2D eigenvalue weighted by atomic mass is 9.82. The van der Waals surface area contributed by atoms with Crippen molar-refractivity contribution >= 4 is 97.2 Å². The molecule has 16 rings (SSSR count). The van der Waals surface area contributed by atoms with E-state index in [2.05, 4.69) is 194 Å². The molecule has 0 amide bonds. The van der Waals surface area contributed by atoms with E-state index in [4.69, 9.17) is 23.8 Å². The number of rotatable bonds is 5. The van der Waals surface area contributed by atoms with Crippen molar-refractivity contribution in [1.29, 1.82) is 0 Å². The van der Waals surface area contributed by atoms with Crippen LogP contribution in [0.4, 0.5) is 0 Å². The molecule has 0 N–H and O–H groups in total. The fourth-order valence-electron chi connectivity index (χ4n) is 12.0. The molecule has 1 aliphatic carbocycles. The van der Waals surface area contributed by atoms with Crippen LogP contribution in [0.3, 0.4) is 0 Å². The fourth-order valence-corrected chi connectivity index (χ4v) is 13.1. The summed E-state index contributed by atoms with van der Waals surface area (Å²) in [5, 5.41) is 8.84. The number of benzene rings is 10. The predicted octanol–water partition coefficient (Wildman–Crippen LogP) is 18.1. The molecule has 0 atom stereocenters. The number of hydrogen-bond acceptors (Lipinski definition) is 6. The van der Waals surface area contributed by atoms with Gasteiger partial charge in [-0.1, -0.05) is 135 Å². The van der Waals surface area contributed by atoms with Gasteiger partial charge >= 0.3 is 0 Å². The summed E-state index contributed by atoms with van der Waals surface area (Å²) >= 11 is 1.78. The van der Waals surface area contributed by atoms with E-state index in [1.54, 1.807) is 11.3 Å². The summed E-state index contributed by atoms with van der Waals surface area (Å²) in [4.78, 5) is 16.0. The lowest BCUT2D eigenvalue weighted by Crippen LogP contribution is -2.14. The molecule has 15 aromatic rings. The molecule has 0 saturated heterocycles. The molecule has 10 aromatic carbocycles. The number of fused-ring (bicyclic) bond motifs is 15. The van der Waals surface area contributed by atoms with Gasteiger partial charge in [0.1, 0.15) is 22.3 Å². The Balaban J connectivity index is 0.896. The molecular formula is C66H40N4O2S. The SMILES string of the molecule is CC1(C)c2ccccc2-c2cc3c(cc21)c1cc(-c2ccc4oc5cccc(-c6nc(-c7ccc8c(c7)oc7ccccc78)nc(-c7cccc8sc9ccccc9c78)n6)c5c4c2)ccc1n3-c1ccccc1. The predicted molar refractivity (Wildman–Crippen MR) is 301 cm³/mol. The van der Waals surface area contributed by atoms with Crippen molar-refractivity contribution in [3.63, 3.8) is 0 Å². The summed E-state index contributed by atoms with van der Waals surface area (Å²) in [5.74, 6) is 1.73. The van der Waals surface area contributed by atoms with Crippen molar-refractivity contribution < 1.29 is 8.83 Å². The second-order valence-corrected chi connectivity index (χ2v) is 21.0. The van der Waals surface area contributed by atoms with Gasteiger partial charge in [0.2, 0.25) is 0 Å². The van der Waals surface area contributed by atoms with Crippen molar-refractivity contribution in [1.82, 2.24) is 19.5 Å². The Morgan fingerprint density at radius 3 is 1.86 bits per heavy atom. The molecule has 0 saturated carbocycles. The van der Waals surface area contributed by atoms with Crippen LogP contribution in [0, 0.1) is 0 Å². The highest BCUT2D eigenvalue weighted by Gasteiger charge is 2.36. The van der Waals surface area contributed by atoms with Gasteiger partial charge in [0.25, 0.3) is 0 Å². The summed E-state index contributed by atoms with van der Waals surface area (Å²) in [6.45, 7) is 4.71. The van der Waals surface area contributed by atoms with Crippen molar-refractivity contribution in [3.05, 3.63) is 217 Å². The lowest BCUT2D eigenvalue weighted by Gasteiger charge is -2.21. The van der Waals surface area contributed by atoms with Crippen LogP contribution in [-0.2, 0) is 5.41 Å². The Labute approximate surface area is 422 Å². The van der Waals surface area contributed by atoms with Crippen LogP contribution >= 0.6 is 11.3 Å². The molecule has 73 heavy (non-hydrogen) atoms. The van der Waals surface area contributed by atoms with Crippen LogP contribution < -0.4 is 0 Å². The Bertz CT molecular complexity index is 4840. The van der Waals surface area contributed by atoms with Gasteiger partial charge in [-0.25, -0.2) is 15.0 Å². The zero-order chi connectivity index (χ0) is 48.1. The van der Waals surface area contributed by atoms with Crippen molar-refractivity contribution in [2.75, 3.05) is 0 Å². The van der Waals surface area contributed by atoms with Crippen molar-refractivity contribution in [2.24, 2.45) is 0 Å². The molecule has 0 radical (unpaired) electrons. The first-order valence-electron chi connectivity index (χ1n) is 24.7. The summed E-state index contributed by atoms with van der Waals surface area (Å²) in [6.07, 6.45) is 0. The average molecular weight is 953 g/mol. The molecule has 6 nitrogen and oxygen atoms in total. The van der Waals surface area contributed by atoms with E-state index in [1.165, 1.54) is 58.8 Å². The molecular weight excluding hydrogens is 913 g/mol.